The van der Waals surface area contributed by atoms with Crippen molar-refractivity contribution in [3.8, 4) is 5.75 Å². The second kappa shape index (κ2) is 6.06. The number of carbonyl (C=O) groups is 1. The summed E-state index contributed by atoms with van der Waals surface area (Å²) in [4.78, 5) is 13.1. The van der Waals surface area contributed by atoms with E-state index in [1.54, 1.807) is 26.1 Å². The second-order valence-corrected chi connectivity index (χ2v) is 4.77. The van der Waals surface area contributed by atoms with Gasteiger partial charge in [-0.05, 0) is 30.3 Å². The van der Waals surface area contributed by atoms with Crippen LogP contribution >= 0.6 is 23.2 Å². The maximum absolute atomic E-state index is 11.9. The van der Waals surface area contributed by atoms with Gasteiger partial charge >= 0.3 is 0 Å². The number of rotatable bonds is 4. The fourth-order valence-corrected chi connectivity index (χ4v) is 1.81. The fourth-order valence-electron chi connectivity index (χ4n) is 1.36. The highest BCUT2D eigenvalue weighted by Gasteiger charge is 2.18. The average molecular weight is 316 g/mol. The van der Waals surface area contributed by atoms with Crippen LogP contribution in [0.25, 0.3) is 0 Å². The Bertz CT molecular complexity index is 631. The molecule has 0 spiro atoms. The Morgan fingerprint density at radius 2 is 2.20 bits per heavy atom. The van der Waals surface area contributed by atoms with Gasteiger partial charge in [-0.3, -0.25) is 10.1 Å². The number of nitrogens with one attached hydrogen (secondary N) is 1. The molecule has 1 N–H and O–H groups in total. The van der Waals surface area contributed by atoms with Crippen molar-refractivity contribution in [1.82, 2.24) is 20.2 Å². The average Bonchev–Trinajstić information content (AvgIpc) is 2.78. The Labute approximate surface area is 124 Å². The molecule has 20 heavy (non-hydrogen) atoms. The zero-order valence-electron chi connectivity index (χ0n) is 10.7. The molecular weight excluding hydrogens is 305 g/mol. The van der Waals surface area contributed by atoms with Crippen molar-refractivity contribution < 1.29 is 9.53 Å². The summed E-state index contributed by atoms with van der Waals surface area (Å²) in [6.07, 6.45) is -0.780. The standard InChI is InChI=1S/C11H11Cl2N5O2/c1-6(10(19)14-11-15-17-18(2)16-11)20-9-4-3-7(12)5-8(9)13/h3-6H,1-2H3,(H,14,16,19)/t6-/m1/s1. The number of tetrazole rings is 1. The lowest BCUT2D eigenvalue weighted by Gasteiger charge is -2.14. The van der Waals surface area contributed by atoms with Gasteiger partial charge in [-0.25, -0.2) is 0 Å². The zero-order valence-corrected chi connectivity index (χ0v) is 12.2. The number of halogens is 2. The molecule has 1 atom stereocenters. The normalized spacial score (nSPS) is 12.0. The molecule has 0 aliphatic heterocycles. The maximum Gasteiger partial charge on any atom is 0.270 e. The van der Waals surface area contributed by atoms with Crippen molar-refractivity contribution in [2.75, 3.05) is 5.32 Å². The smallest absolute Gasteiger partial charge is 0.270 e. The van der Waals surface area contributed by atoms with Crippen LogP contribution in [0.4, 0.5) is 5.95 Å². The predicted molar refractivity (Wildman–Crippen MR) is 74.0 cm³/mol. The van der Waals surface area contributed by atoms with Crippen molar-refractivity contribution >= 4 is 35.1 Å². The third-order valence-electron chi connectivity index (χ3n) is 2.31. The minimum absolute atomic E-state index is 0.107. The number of ether oxygens (including phenoxy) is 1. The Kier molecular flexibility index (Phi) is 4.41. The first-order valence-corrected chi connectivity index (χ1v) is 6.38. The van der Waals surface area contributed by atoms with E-state index in [1.165, 1.54) is 10.9 Å². The molecule has 0 bridgehead atoms. The SMILES string of the molecule is C[C@@H](Oc1ccc(Cl)cc1Cl)C(=O)Nc1nnn(C)n1. The lowest BCUT2D eigenvalue weighted by atomic mass is 10.3. The van der Waals surface area contributed by atoms with Gasteiger partial charge in [0, 0.05) is 5.02 Å². The largest absolute Gasteiger partial charge is 0.479 e. The third-order valence-corrected chi connectivity index (χ3v) is 2.84. The molecule has 9 heteroatoms. The Balaban J connectivity index is 2.00. The summed E-state index contributed by atoms with van der Waals surface area (Å²) in [6.45, 7) is 1.58. The number of anilines is 1. The number of hydrogen-bond donors (Lipinski definition) is 1. The van der Waals surface area contributed by atoms with Crippen LogP contribution in [-0.4, -0.2) is 32.2 Å². The highest BCUT2D eigenvalue weighted by Crippen LogP contribution is 2.28. The molecule has 2 rings (SSSR count). The lowest BCUT2D eigenvalue weighted by molar-refractivity contribution is -0.122. The molecule has 0 aliphatic rings. The Morgan fingerprint density at radius 1 is 1.45 bits per heavy atom. The summed E-state index contributed by atoms with van der Waals surface area (Å²) in [5, 5.41) is 14.4. The van der Waals surface area contributed by atoms with Gasteiger partial charge < -0.3 is 4.74 Å². The summed E-state index contributed by atoms with van der Waals surface area (Å²) in [5.74, 6) is 0.0602. The summed E-state index contributed by atoms with van der Waals surface area (Å²) in [6, 6.07) is 4.75. The predicted octanol–water partition coefficient (Wildman–Crippen LogP) is 1.92. The second-order valence-electron chi connectivity index (χ2n) is 3.93. The summed E-state index contributed by atoms with van der Waals surface area (Å²) in [7, 11) is 1.59. The van der Waals surface area contributed by atoms with Crippen molar-refractivity contribution in [3.63, 3.8) is 0 Å². The number of nitrogens with zero attached hydrogens (tertiary/aromatic N) is 4. The minimum atomic E-state index is -0.780. The van der Waals surface area contributed by atoms with E-state index in [4.69, 9.17) is 27.9 Å². The molecule has 1 aromatic heterocycles. The molecule has 2 aromatic rings. The van der Waals surface area contributed by atoms with E-state index in [1.807, 2.05) is 0 Å². The Morgan fingerprint density at radius 3 is 2.80 bits per heavy atom. The molecule has 0 fully saturated rings. The monoisotopic (exact) mass is 315 g/mol. The van der Waals surface area contributed by atoms with Crippen LogP contribution in [0, 0.1) is 0 Å². The summed E-state index contributed by atoms with van der Waals surface area (Å²) < 4.78 is 5.46. The topological polar surface area (TPSA) is 81.9 Å². The van der Waals surface area contributed by atoms with Crippen LogP contribution < -0.4 is 10.1 Å². The zero-order chi connectivity index (χ0) is 14.7. The molecule has 106 valence electrons. The van der Waals surface area contributed by atoms with E-state index in [9.17, 15) is 4.79 Å². The molecule has 1 amide bonds. The maximum atomic E-state index is 11.9. The third kappa shape index (κ3) is 3.58. The molecule has 0 aliphatic carbocycles. The van der Waals surface area contributed by atoms with Crippen molar-refractivity contribution in [1.29, 1.82) is 0 Å². The summed E-state index contributed by atoms with van der Waals surface area (Å²) >= 11 is 11.7. The first kappa shape index (κ1) is 14.5. The Hall–Kier alpha value is -1.86. The van der Waals surface area contributed by atoms with Crippen LogP contribution in [0.15, 0.2) is 18.2 Å². The molecule has 7 nitrogen and oxygen atoms in total. The molecule has 0 radical (unpaired) electrons. The molecule has 0 saturated carbocycles. The van der Waals surface area contributed by atoms with Gasteiger partial charge in [0.05, 0.1) is 12.1 Å². The van der Waals surface area contributed by atoms with Gasteiger partial charge in [0.1, 0.15) is 5.75 Å². The van der Waals surface area contributed by atoms with Gasteiger partial charge in [-0.2, -0.15) is 4.80 Å². The molecule has 0 saturated heterocycles. The van der Waals surface area contributed by atoms with E-state index in [0.717, 1.165) is 0 Å². The highest BCUT2D eigenvalue weighted by atomic mass is 35.5. The lowest BCUT2D eigenvalue weighted by Crippen LogP contribution is -2.30. The van der Waals surface area contributed by atoms with E-state index in [-0.39, 0.29) is 5.95 Å². The van der Waals surface area contributed by atoms with Gasteiger partial charge in [0.25, 0.3) is 11.9 Å². The van der Waals surface area contributed by atoms with E-state index >= 15 is 0 Å². The fraction of sp³-hybridized carbons (Fsp3) is 0.273. The van der Waals surface area contributed by atoms with Crippen LogP contribution in [0.2, 0.25) is 10.0 Å². The van der Waals surface area contributed by atoms with Gasteiger partial charge in [0.2, 0.25) is 0 Å². The molecule has 1 heterocycles. The van der Waals surface area contributed by atoms with Gasteiger partial charge in [-0.15, -0.1) is 5.10 Å². The minimum Gasteiger partial charge on any atom is -0.479 e. The van der Waals surface area contributed by atoms with Crippen LogP contribution in [0.5, 0.6) is 5.75 Å². The quantitative estimate of drug-likeness (QED) is 0.932. The number of aryl methyl sites for hydroxylation is 1. The highest BCUT2D eigenvalue weighted by molar-refractivity contribution is 6.35. The molecule has 0 unspecified atom stereocenters. The summed E-state index contributed by atoms with van der Waals surface area (Å²) in [5.41, 5.74) is 0. The number of aromatic nitrogens is 4. The number of carbonyl (C=O) groups excluding carboxylic acids is 1. The number of hydrogen-bond acceptors (Lipinski definition) is 5. The van der Waals surface area contributed by atoms with Crippen LogP contribution in [0.3, 0.4) is 0 Å². The van der Waals surface area contributed by atoms with E-state index in [2.05, 4.69) is 20.7 Å². The number of amides is 1. The van der Waals surface area contributed by atoms with Crippen molar-refractivity contribution in [2.24, 2.45) is 7.05 Å². The number of benzene rings is 1. The van der Waals surface area contributed by atoms with E-state index in [0.29, 0.717) is 15.8 Å². The first-order chi connectivity index (χ1) is 9.45. The van der Waals surface area contributed by atoms with Gasteiger partial charge in [-0.1, -0.05) is 28.3 Å². The first-order valence-electron chi connectivity index (χ1n) is 5.62. The van der Waals surface area contributed by atoms with Gasteiger partial charge in [0.15, 0.2) is 6.10 Å². The van der Waals surface area contributed by atoms with Crippen molar-refractivity contribution in [3.05, 3.63) is 28.2 Å². The van der Waals surface area contributed by atoms with Crippen molar-refractivity contribution in [2.45, 2.75) is 13.0 Å². The molecule has 1 aromatic carbocycles. The van der Waals surface area contributed by atoms with E-state index < -0.39 is 12.0 Å². The van der Waals surface area contributed by atoms with Crippen LogP contribution in [0.1, 0.15) is 6.92 Å². The van der Waals surface area contributed by atoms with Crippen LogP contribution in [-0.2, 0) is 11.8 Å². The molecular formula is C11H11Cl2N5O2.